The van der Waals surface area contributed by atoms with Gasteiger partial charge in [-0.1, -0.05) is 36.4 Å². The van der Waals surface area contributed by atoms with Crippen molar-refractivity contribution in [3.63, 3.8) is 0 Å². The monoisotopic (exact) mass is 365 g/mol. The van der Waals surface area contributed by atoms with Gasteiger partial charge in [-0.3, -0.25) is 4.72 Å². The van der Waals surface area contributed by atoms with Crippen LogP contribution >= 0.6 is 0 Å². The molecule has 5 nitrogen and oxygen atoms in total. The highest BCUT2D eigenvalue weighted by Gasteiger charge is 2.23. The van der Waals surface area contributed by atoms with E-state index in [1.165, 1.54) is 36.7 Å². The van der Waals surface area contributed by atoms with Gasteiger partial charge in [-0.25, -0.2) is 13.4 Å². The van der Waals surface area contributed by atoms with Gasteiger partial charge < -0.3 is 5.73 Å². The zero-order valence-corrected chi connectivity index (χ0v) is 14.9. The first-order chi connectivity index (χ1) is 12.5. The highest BCUT2D eigenvalue weighted by molar-refractivity contribution is 7.92. The molecule has 3 N–H and O–H groups in total. The van der Waals surface area contributed by atoms with Crippen LogP contribution in [0.2, 0.25) is 0 Å². The van der Waals surface area contributed by atoms with Crippen LogP contribution in [0.1, 0.15) is 24.3 Å². The van der Waals surface area contributed by atoms with Gasteiger partial charge in [-0.05, 0) is 59.7 Å². The summed E-state index contributed by atoms with van der Waals surface area (Å²) in [5, 5.41) is 0. The molecular formula is C20H19N3O2S. The SMILES string of the molecule is Nc1ccc(S(=O)(=O)Nc2cccc(-c3ccc(C4CC4)cc3)c2)cn1. The number of pyridine rings is 1. The fourth-order valence-electron chi connectivity index (χ4n) is 2.89. The maximum absolute atomic E-state index is 12.5. The summed E-state index contributed by atoms with van der Waals surface area (Å²) in [6.07, 6.45) is 3.80. The van der Waals surface area contributed by atoms with Gasteiger partial charge in [0.05, 0.1) is 0 Å². The number of nitrogen functional groups attached to an aromatic ring is 1. The van der Waals surface area contributed by atoms with Crippen molar-refractivity contribution in [1.82, 2.24) is 4.98 Å². The third kappa shape index (κ3) is 3.55. The Hall–Kier alpha value is -2.86. The predicted molar refractivity (Wildman–Crippen MR) is 103 cm³/mol. The van der Waals surface area contributed by atoms with Gasteiger partial charge in [0.15, 0.2) is 0 Å². The molecule has 1 heterocycles. The Morgan fingerprint density at radius 2 is 1.73 bits per heavy atom. The van der Waals surface area contributed by atoms with Crippen molar-refractivity contribution in [3.8, 4) is 11.1 Å². The van der Waals surface area contributed by atoms with Gasteiger partial charge in [0.1, 0.15) is 10.7 Å². The molecule has 1 aliphatic rings. The van der Waals surface area contributed by atoms with E-state index in [2.05, 4.69) is 34.0 Å². The Labute approximate surface area is 153 Å². The number of nitrogens with zero attached hydrogens (tertiary/aromatic N) is 1. The zero-order chi connectivity index (χ0) is 18.1. The van der Waals surface area contributed by atoms with Gasteiger partial charge in [0, 0.05) is 11.9 Å². The number of sulfonamides is 1. The van der Waals surface area contributed by atoms with Crippen LogP contribution in [-0.4, -0.2) is 13.4 Å². The van der Waals surface area contributed by atoms with E-state index in [1.54, 1.807) is 6.07 Å². The van der Waals surface area contributed by atoms with Crippen LogP contribution in [-0.2, 0) is 10.0 Å². The van der Waals surface area contributed by atoms with Crippen LogP contribution in [0.5, 0.6) is 0 Å². The normalized spacial score (nSPS) is 14.2. The van der Waals surface area contributed by atoms with Crippen molar-refractivity contribution < 1.29 is 8.42 Å². The molecule has 4 rings (SSSR count). The van der Waals surface area contributed by atoms with Gasteiger partial charge in [0.25, 0.3) is 10.0 Å². The van der Waals surface area contributed by atoms with Crippen molar-refractivity contribution in [1.29, 1.82) is 0 Å². The van der Waals surface area contributed by atoms with Gasteiger partial charge in [-0.15, -0.1) is 0 Å². The summed E-state index contributed by atoms with van der Waals surface area (Å²) in [5.41, 5.74) is 9.42. The molecule has 0 bridgehead atoms. The highest BCUT2D eigenvalue weighted by Crippen LogP contribution is 2.40. The lowest BCUT2D eigenvalue weighted by Gasteiger charge is -2.10. The second-order valence-electron chi connectivity index (χ2n) is 6.50. The molecule has 1 saturated carbocycles. The number of hydrogen-bond acceptors (Lipinski definition) is 4. The largest absolute Gasteiger partial charge is 0.384 e. The van der Waals surface area contributed by atoms with E-state index < -0.39 is 10.0 Å². The average molecular weight is 365 g/mol. The second kappa shape index (κ2) is 6.46. The van der Waals surface area contributed by atoms with Crippen LogP contribution in [0.4, 0.5) is 11.5 Å². The first-order valence-corrected chi connectivity index (χ1v) is 9.94. The summed E-state index contributed by atoms with van der Waals surface area (Å²) in [6, 6.07) is 18.7. The topological polar surface area (TPSA) is 85.1 Å². The third-order valence-electron chi connectivity index (χ3n) is 4.48. The fraction of sp³-hybridized carbons (Fsp3) is 0.150. The second-order valence-corrected chi connectivity index (χ2v) is 8.18. The van der Waals surface area contributed by atoms with Crippen LogP contribution in [0.3, 0.4) is 0 Å². The molecule has 0 atom stereocenters. The summed E-state index contributed by atoms with van der Waals surface area (Å²) in [4.78, 5) is 3.91. The molecule has 0 unspecified atom stereocenters. The van der Waals surface area contributed by atoms with Crippen molar-refractivity contribution in [3.05, 3.63) is 72.4 Å². The van der Waals surface area contributed by atoms with Crippen molar-refractivity contribution in [2.75, 3.05) is 10.5 Å². The van der Waals surface area contributed by atoms with E-state index >= 15 is 0 Å². The lowest BCUT2D eigenvalue weighted by atomic mass is 10.0. The summed E-state index contributed by atoms with van der Waals surface area (Å²) < 4.78 is 27.6. The number of anilines is 2. The van der Waals surface area contributed by atoms with E-state index in [9.17, 15) is 8.42 Å². The maximum Gasteiger partial charge on any atom is 0.263 e. The standard InChI is InChI=1S/C20H19N3O2S/c21-20-11-10-19(13-22-20)26(24,25)23-18-3-1-2-17(12-18)16-8-6-15(7-9-16)14-4-5-14/h1-3,6-14,23H,4-5H2,(H2,21,22). The van der Waals surface area contributed by atoms with Gasteiger partial charge in [-0.2, -0.15) is 0 Å². The van der Waals surface area contributed by atoms with E-state index in [-0.39, 0.29) is 10.7 Å². The average Bonchev–Trinajstić information content (AvgIpc) is 3.47. The summed E-state index contributed by atoms with van der Waals surface area (Å²) >= 11 is 0. The van der Waals surface area contributed by atoms with E-state index in [0.717, 1.165) is 17.0 Å². The smallest absolute Gasteiger partial charge is 0.263 e. The lowest BCUT2D eigenvalue weighted by molar-refractivity contribution is 0.601. The zero-order valence-electron chi connectivity index (χ0n) is 14.1. The molecule has 0 amide bonds. The molecule has 0 spiro atoms. The van der Waals surface area contributed by atoms with Crippen LogP contribution in [0.25, 0.3) is 11.1 Å². The minimum atomic E-state index is -3.71. The first kappa shape index (κ1) is 16.6. The minimum absolute atomic E-state index is 0.0749. The Morgan fingerprint density at radius 3 is 2.38 bits per heavy atom. The van der Waals surface area contributed by atoms with Crippen molar-refractivity contribution in [2.24, 2.45) is 0 Å². The molecule has 132 valence electrons. The molecule has 3 aromatic rings. The number of aromatic nitrogens is 1. The van der Waals surface area contributed by atoms with Crippen LogP contribution < -0.4 is 10.5 Å². The molecule has 0 aliphatic heterocycles. The molecule has 6 heteroatoms. The number of benzene rings is 2. The van der Waals surface area contributed by atoms with E-state index in [0.29, 0.717) is 5.69 Å². The Morgan fingerprint density at radius 1 is 0.962 bits per heavy atom. The van der Waals surface area contributed by atoms with Crippen molar-refractivity contribution >= 4 is 21.5 Å². The summed E-state index contributed by atoms with van der Waals surface area (Å²) in [5.74, 6) is 0.997. The highest BCUT2D eigenvalue weighted by atomic mass is 32.2. The van der Waals surface area contributed by atoms with E-state index in [4.69, 9.17) is 5.73 Å². The Balaban J connectivity index is 1.58. The van der Waals surface area contributed by atoms with Crippen LogP contribution in [0.15, 0.2) is 71.8 Å². The molecular weight excluding hydrogens is 346 g/mol. The Kier molecular flexibility index (Phi) is 4.12. The number of nitrogens with two attached hydrogens (primary N) is 1. The molecule has 0 radical (unpaired) electrons. The molecule has 0 saturated heterocycles. The van der Waals surface area contributed by atoms with Gasteiger partial charge >= 0.3 is 0 Å². The fourth-order valence-corrected chi connectivity index (χ4v) is 3.89. The minimum Gasteiger partial charge on any atom is -0.384 e. The van der Waals surface area contributed by atoms with E-state index in [1.807, 2.05) is 18.2 Å². The molecule has 1 aliphatic carbocycles. The lowest BCUT2D eigenvalue weighted by Crippen LogP contribution is -2.13. The molecule has 26 heavy (non-hydrogen) atoms. The number of hydrogen-bond donors (Lipinski definition) is 2. The summed E-state index contributed by atoms with van der Waals surface area (Å²) in [7, 11) is -3.71. The number of nitrogens with one attached hydrogen (secondary N) is 1. The third-order valence-corrected chi connectivity index (χ3v) is 5.84. The molecule has 1 aromatic heterocycles. The number of rotatable bonds is 5. The first-order valence-electron chi connectivity index (χ1n) is 8.46. The van der Waals surface area contributed by atoms with Gasteiger partial charge in [0.2, 0.25) is 0 Å². The maximum atomic E-state index is 12.5. The molecule has 1 fully saturated rings. The van der Waals surface area contributed by atoms with Crippen LogP contribution in [0, 0.1) is 0 Å². The summed E-state index contributed by atoms with van der Waals surface area (Å²) in [6.45, 7) is 0. The quantitative estimate of drug-likeness (QED) is 0.715. The Bertz CT molecular complexity index is 1030. The molecule has 2 aromatic carbocycles. The predicted octanol–water partition coefficient (Wildman–Crippen LogP) is 4.01. The van der Waals surface area contributed by atoms with Crippen molar-refractivity contribution in [2.45, 2.75) is 23.7 Å².